The molecule has 0 unspecified atom stereocenters. The van der Waals surface area contributed by atoms with Crippen LogP contribution in [0.2, 0.25) is 0 Å². The van der Waals surface area contributed by atoms with Crippen molar-refractivity contribution in [2.24, 2.45) is 0 Å². The number of carboxylic acids is 1. The molecular weight excluding hydrogens is 256 g/mol. The maximum absolute atomic E-state index is 12.3. The normalized spacial score (nSPS) is 10.1. The van der Waals surface area contributed by atoms with E-state index in [1.165, 1.54) is 0 Å². The fourth-order valence-electron chi connectivity index (χ4n) is 1.92. The SMILES string of the molecule is CCN(Cc1ccccc1)C(=O)N(C)CCCC(=O)O. The smallest absolute Gasteiger partial charge is 0.320 e. The molecule has 20 heavy (non-hydrogen) atoms. The van der Waals surface area contributed by atoms with E-state index in [2.05, 4.69) is 0 Å². The van der Waals surface area contributed by atoms with Gasteiger partial charge in [0.25, 0.3) is 0 Å². The molecule has 0 saturated heterocycles. The van der Waals surface area contributed by atoms with Crippen LogP contribution in [0.15, 0.2) is 30.3 Å². The summed E-state index contributed by atoms with van der Waals surface area (Å²) in [5.41, 5.74) is 1.08. The summed E-state index contributed by atoms with van der Waals surface area (Å²) in [5, 5.41) is 8.60. The quantitative estimate of drug-likeness (QED) is 0.833. The van der Waals surface area contributed by atoms with Gasteiger partial charge in [-0.1, -0.05) is 30.3 Å². The number of urea groups is 1. The highest BCUT2D eigenvalue weighted by Crippen LogP contribution is 2.07. The molecule has 0 spiro atoms. The molecule has 0 radical (unpaired) electrons. The topological polar surface area (TPSA) is 60.9 Å². The van der Waals surface area contributed by atoms with Gasteiger partial charge in [-0.05, 0) is 18.9 Å². The van der Waals surface area contributed by atoms with Gasteiger partial charge in [-0.3, -0.25) is 4.79 Å². The van der Waals surface area contributed by atoms with E-state index in [4.69, 9.17) is 5.11 Å². The van der Waals surface area contributed by atoms with Crippen molar-refractivity contribution in [3.8, 4) is 0 Å². The van der Waals surface area contributed by atoms with Crippen LogP contribution < -0.4 is 0 Å². The number of hydrogen-bond donors (Lipinski definition) is 1. The molecule has 5 heteroatoms. The Hall–Kier alpha value is -2.04. The second-order valence-electron chi connectivity index (χ2n) is 4.70. The van der Waals surface area contributed by atoms with Crippen LogP contribution in [-0.4, -0.2) is 47.0 Å². The van der Waals surface area contributed by atoms with E-state index in [1.807, 2.05) is 37.3 Å². The monoisotopic (exact) mass is 278 g/mol. The van der Waals surface area contributed by atoms with Gasteiger partial charge >= 0.3 is 12.0 Å². The maximum Gasteiger partial charge on any atom is 0.320 e. The Labute approximate surface area is 119 Å². The third-order valence-corrected chi connectivity index (χ3v) is 3.08. The van der Waals surface area contributed by atoms with Crippen molar-refractivity contribution in [3.63, 3.8) is 0 Å². The molecule has 0 aliphatic heterocycles. The number of carboxylic acid groups (broad SMARTS) is 1. The van der Waals surface area contributed by atoms with E-state index in [9.17, 15) is 9.59 Å². The summed E-state index contributed by atoms with van der Waals surface area (Å²) in [4.78, 5) is 26.1. The van der Waals surface area contributed by atoms with Gasteiger partial charge in [-0.15, -0.1) is 0 Å². The fourth-order valence-corrected chi connectivity index (χ4v) is 1.92. The first-order chi connectivity index (χ1) is 9.54. The molecule has 1 rings (SSSR count). The summed E-state index contributed by atoms with van der Waals surface area (Å²) in [6.45, 7) is 3.58. The van der Waals surface area contributed by atoms with E-state index in [0.29, 0.717) is 26.1 Å². The summed E-state index contributed by atoms with van der Waals surface area (Å²) in [5.74, 6) is -0.831. The number of carbonyl (C=O) groups excluding carboxylic acids is 1. The minimum Gasteiger partial charge on any atom is -0.481 e. The zero-order valence-corrected chi connectivity index (χ0v) is 12.1. The number of benzene rings is 1. The van der Waals surface area contributed by atoms with Gasteiger partial charge in [-0.2, -0.15) is 0 Å². The van der Waals surface area contributed by atoms with Gasteiger partial charge in [0, 0.05) is 33.1 Å². The van der Waals surface area contributed by atoms with Crippen molar-refractivity contribution in [2.45, 2.75) is 26.3 Å². The molecule has 5 nitrogen and oxygen atoms in total. The second kappa shape index (κ2) is 8.19. The average molecular weight is 278 g/mol. The number of amides is 2. The third kappa shape index (κ3) is 5.30. The number of hydrogen-bond acceptors (Lipinski definition) is 2. The Morgan fingerprint density at radius 3 is 2.40 bits per heavy atom. The lowest BCUT2D eigenvalue weighted by Gasteiger charge is -2.27. The van der Waals surface area contributed by atoms with Crippen molar-refractivity contribution in [2.75, 3.05) is 20.1 Å². The summed E-state index contributed by atoms with van der Waals surface area (Å²) in [7, 11) is 1.71. The molecule has 0 aliphatic carbocycles. The summed E-state index contributed by atoms with van der Waals surface area (Å²) < 4.78 is 0. The highest BCUT2D eigenvalue weighted by molar-refractivity contribution is 5.74. The molecule has 110 valence electrons. The van der Waals surface area contributed by atoms with Gasteiger partial charge in [0.05, 0.1) is 0 Å². The first kappa shape index (κ1) is 16.0. The molecule has 1 N–H and O–H groups in total. The Kier molecular flexibility index (Phi) is 6.56. The molecule has 1 aromatic carbocycles. The van der Waals surface area contributed by atoms with Crippen molar-refractivity contribution in [3.05, 3.63) is 35.9 Å². The van der Waals surface area contributed by atoms with Crippen molar-refractivity contribution in [1.82, 2.24) is 9.80 Å². The van der Waals surface area contributed by atoms with Crippen molar-refractivity contribution < 1.29 is 14.7 Å². The van der Waals surface area contributed by atoms with Crippen LogP contribution in [0, 0.1) is 0 Å². The van der Waals surface area contributed by atoms with Crippen LogP contribution in [0.25, 0.3) is 0 Å². The Bertz CT molecular complexity index is 434. The first-order valence-corrected chi connectivity index (χ1v) is 6.80. The standard InChI is InChI=1S/C15H22N2O3/c1-3-17(12-13-8-5-4-6-9-13)15(20)16(2)11-7-10-14(18)19/h4-6,8-9H,3,7,10-12H2,1-2H3,(H,18,19). The second-order valence-corrected chi connectivity index (χ2v) is 4.70. The van der Waals surface area contributed by atoms with Crippen LogP contribution >= 0.6 is 0 Å². The summed E-state index contributed by atoms with van der Waals surface area (Å²) >= 11 is 0. The molecule has 1 aromatic rings. The summed E-state index contributed by atoms with van der Waals surface area (Å²) in [6.07, 6.45) is 0.558. The third-order valence-electron chi connectivity index (χ3n) is 3.08. The predicted molar refractivity (Wildman–Crippen MR) is 77.4 cm³/mol. The Morgan fingerprint density at radius 2 is 1.85 bits per heavy atom. The molecule has 0 saturated carbocycles. The molecule has 0 aromatic heterocycles. The van der Waals surface area contributed by atoms with Crippen molar-refractivity contribution >= 4 is 12.0 Å². The van der Waals surface area contributed by atoms with E-state index >= 15 is 0 Å². The first-order valence-electron chi connectivity index (χ1n) is 6.80. The number of rotatable bonds is 7. The molecule has 0 atom stereocenters. The van der Waals surface area contributed by atoms with E-state index < -0.39 is 5.97 Å². The minimum absolute atomic E-state index is 0.0678. The fraction of sp³-hybridized carbons (Fsp3) is 0.467. The van der Waals surface area contributed by atoms with Gasteiger partial charge in [0.2, 0.25) is 0 Å². The molecule has 0 aliphatic rings. The lowest BCUT2D eigenvalue weighted by molar-refractivity contribution is -0.137. The molecule has 0 bridgehead atoms. The van der Waals surface area contributed by atoms with Gasteiger partial charge in [0.1, 0.15) is 0 Å². The lowest BCUT2D eigenvalue weighted by atomic mass is 10.2. The summed E-state index contributed by atoms with van der Waals surface area (Å²) in [6, 6.07) is 9.75. The number of nitrogens with zero attached hydrogens (tertiary/aromatic N) is 2. The molecule has 2 amide bonds. The molecular formula is C15H22N2O3. The maximum atomic E-state index is 12.3. The van der Waals surface area contributed by atoms with Crippen LogP contribution in [0.5, 0.6) is 0 Å². The van der Waals surface area contributed by atoms with Gasteiger partial charge < -0.3 is 14.9 Å². The zero-order chi connectivity index (χ0) is 15.0. The largest absolute Gasteiger partial charge is 0.481 e. The highest BCUT2D eigenvalue weighted by atomic mass is 16.4. The van der Waals surface area contributed by atoms with Gasteiger partial charge in [0.15, 0.2) is 0 Å². The molecule has 0 heterocycles. The van der Waals surface area contributed by atoms with E-state index in [0.717, 1.165) is 5.56 Å². The Balaban J connectivity index is 2.51. The van der Waals surface area contributed by atoms with Crippen molar-refractivity contribution in [1.29, 1.82) is 0 Å². The number of aliphatic carboxylic acids is 1. The van der Waals surface area contributed by atoms with E-state index in [1.54, 1.807) is 16.8 Å². The highest BCUT2D eigenvalue weighted by Gasteiger charge is 2.16. The van der Waals surface area contributed by atoms with Crippen LogP contribution in [0.1, 0.15) is 25.3 Å². The van der Waals surface area contributed by atoms with Crippen LogP contribution in [0.4, 0.5) is 4.79 Å². The molecule has 0 fully saturated rings. The van der Waals surface area contributed by atoms with Crippen LogP contribution in [-0.2, 0) is 11.3 Å². The van der Waals surface area contributed by atoms with Crippen LogP contribution in [0.3, 0.4) is 0 Å². The number of carbonyl (C=O) groups is 2. The average Bonchev–Trinajstić information content (AvgIpc) is 2.44. The minimum atomic E-state index is -0.831. The lowest BCUT2D eigenvalue weighted by Crippen LogP contribution is -2.41. The van der Waals surface area contributed by atoms with Gasteiger partial charge in [-0.25, -0.2) is 4.79 Å². The van der Waals surface area contributed by atoms with E-state index in [-0.39, 0.29) is 12.5 Å². The Morgan fingerprint density at radius 1 is 1.20 bits per heavy atom. The zero-order valence-electron chi connectivity index (χ0n) is 12.1. The predicted octanol–water partition coefficient (Wildman–Crippen LogP) is 2.43.